The highest BCUT2D eigenvalue weighted by Gasteiger charge is 2.46. The van der Waals surface area contributed by atoms with Gasteiger partial charge in [-0.05, 0) is 18.6 Å². The first kappa shape index (κ1) is 17.9. The summed E-state index contributed by atoms with van der Waals surface area (Å²) in [5.74, 6) is -0.333. The van der Waals surface area contributed by atoms with Gasteiger partial charge in [0.25, 0.3) is 5.69 Å². The first-order valence-corrected chi connectivity index (χ1v) is 8.49. The Morgan fingerprint density at radius 2 is 1.85 bits per heavy atom. The fourth-order valence-electron chi connectivity index (χ4n) is 3.61. The summed E-state index contributed by atoms with van der Waals surface area (Å²) >= 11 is 0. The second-order valence-electron chi connectivity index (χ2n) is 7.33. The van der Waals surface area contributed by atoms with Crippen LogP contribution in [0.2, 0.25) is 0 Å². The number of carbonyl (C=O) groups is 1. The largest absolute Gasteiger partial charge is 0.457 e. The lowest BCUT2D eigenvalue weighted by Crippen LogP contribution is -2.40. The Bertz CT molecular complexity index is 859. The van der Waals surface area contributed by atoms with Crippen molar-refractivity contribution in [2.24, 2.45) is 5.41 Å². The van der Waals surface area contributed by atoms with Crippen LogP contribution in [0.3, 0.4) is 0 Å². The first-order chi connectivity index (χ1) is 12.2. The number of anilines is 1. The number of aryl methyl sites for hydroxylation is 1. The summed E-state index contributed by atoms with van der Waals surface area (Å²) in [5, 5.41) is 14.4. The summed E-state index contributed by atoms with van der Waals surface area (Å²) in [6.07, 6.45) is -0.420. The molecule has 6 heteroatoms. The monoisotopic (exact) mass is 354 g/mol. The van der Waals surface area contributed by atoms with E-state index in [1.807, 2.05) is 39.0 Å². The number of ether oxygens (including phenoxy) is 1. The van der Waals surface area contributed by atoms with Crippen molar-refractivity contribution in [2.45, 2.75) is 39.8 Å². The molecule has 0 saturated carbocycles. The fourth-order valence-corrected chi connectivity index (χ4v) is 3.61. The van der Waals surface area contributed by atoms with Gasteiger partial charge in [0.1, 0.15) is 6.10 Å². The quantitative estimate of drug-likeness (QED) is 0.491. The molecule has 2 aromatic rings. The molecule has 0 radical (unpaired) electrons. The van der Waals surface area contributed by atoms with Crippen molar-refractivity contribution in [3.63, 3.8) is 0 Å². The zero-order chi connectivity index (χ0) is 19.1. The van der Waals surface area contributed by atoms with E-state index in [9.17, 15) is 14.9 Å². The minimum Gasteiger partial charge on any atom is -0.457 e. The fraction of sp³-hybridized carbons (Fsp3) is 0.350. The van der Waals surface area contributed by atoms with E-state index in [-0.39, 0.29) is 17.7 Å². The third-order valence-corrected chi connectivity index (χ3v) is 4.93. The zero-order valence-electron chi connectivity index (χ0n) is 15.3. The van der Waals surface area contributed by atoms with E-state index in [0.717, 1.165) is 22.4 Å². The molecule has 6 nitrogen and oxygen atoms in total. The van der Waals surface area contributed by atoms with Crippen LogP contribution in [0.25, 0.3) is 0 Å². The van der Waals surface area contributed by atoms with Crippen LogP contribution in [0, 0.1) is 22.5 Å². The standard InChI is InChI=1S/C20H22N2O4/c1-12-5-10-17-16(11-12)19(26-13(2)23)20(3,4)18(21-17)14-6-8-15(9-7-14)22(24)25/h5-11,18-19,21H,1-4H3/t18-,19-/m0/s1. The topological polar surface area (TPSA) is 81.5 Å². The Morgan fingerprint density at radius 3 is 2.42 bits per heavy atom. The van der Waals surface area contributed by atoms with Crippen molar-refractivity contribution in [3.05, 3.63) is 69.3 Å². The summed E-state index contributed by atoms with van der Waals surface area (Å²) in [7, 11) is 0. The van der Waals surface area contributed by atoms with E-state index in [1.165, 1.54) is 19.1 Å². The molecule has 0 aromatic heterocycles. The van der Waals surface area contributed by atoms with Gasteiger partial charge in [-0.2, -0.15) is 0 Å². The molecule has 1 heterocycles. The van der Waals surface area contributed by atoms with Crippen LogP contribution in [0.5, 0.6) is 0 Å². The molecule has 3 rings (SSSR count). The smallest absolute Gasteiger partial charge is 0.303 e. The van der Waals surface area contributed by atoms with Gasteiger partial charge in [-0.25, -0.2) is 0 Å². The zero-order valence-corrected chi connectivity index (χ0v) is 15.3. The summed E-state index contributed by atoms with van der Waals surface area (Å²) in [6, 6.07) is 12.4. The Balaban J connectivity index is 2.08. The van der Waals surface area contributed by atoms with E-state index in [4.69, 9.17) is 4.74 Å². The number of benzene rings is 2. The summed E-state index contributed by atoms with van der Waals surface area (Å²) in [5.41, 5.74) is 3.45. The summed E-state index contributed by atoms with van der Waals surface area (Å²) < 4.78 is 5.71. The average molecular weight is 354 g/mol. The van der Waals surface area contributed by atoms with Crippen LogP contribution >= 0.6 is 0 Å². The van der Waals surface area contributed by atoms with Crippen molar-refractivity contribution in [2.75, 3.05) is 5.32 Å². The van der Waals surface area contributed by atoms with Crippen LogP contribution in [-0.4, -0.2) is 10.9 Å². The Kier molecular flexibility index (Phi) is 4.44. The van der Waals surface area contributed by atoms with Gasteiger partial charge in [0, 0.05) is 35.7 Å². The maximum absolute atomic E-state index is 11.7. The van der Waals surface area contributed by atoms with Crippen molar-refractivity contribution < 1.29 is 14.5 Å². The van der Waals surface area contributed by atoms with Crippen LogP contribution in [-0.2, 0) is 9.53 Å². The van der Waals surface area contributed by atoms with Gasteiger partial charge in [0.05, 0.1) is 11.0 Å². The second-order valence-corrected chi connectivity index (χ2v) is 7.33. The predicted molar refractivity (Wildman–Crippen MR) is 98.9 cm³/mol. The maximum atomic E-state index is 11.7. The van der Waals surface area contributed by atoms with E-state index in [1.54, 1.807) is 12.1 Å². The lowest BCUT2D eigenvalue weighted by Gasteiger charge is -2.46. The van der Waals surface area contributed by atoms with Crippen LogP contribution < -0.4 is 5.32 Å². The van der Waals surface area contributed by atoms with Crippen LogP contribution in [0.1, 0.15) is 49.6 Å². The molecule has 0 spiro atoms. The Labute approximate surface area is 152 Å². The van der Waals surface area contributed by atoms with E-state index >= 15 is 0 Å². The molecule has 0 bridgehead atoms. The lowest BCUT2D eigenvalue weighted by atomic mass is 9.70. The minimum atomic E-state index is -0.456. The molecule has 0 fully saturated rings. The number of nitrogens with zero attached hydrogens (tertiary/aromatic N) is 1. The molecule has 26 heavy (non-hydrogen) atoms. The number of rotatable bonds is 3. The third-order valence-electron chi connectivity index (χ3n) is 4.93. The van der Waals surface area contributed by atoms with Gasteiger partial charge < -0.3 is 10.1 Å². The number of fused-ring (bicyclic) bond motifs is 1. The number of non-ortho nitro benzene ring substituents is 1. The minimum absolute atomic E-state index is 0.0509. The molecule has 2 atom stereocenters. The van der Waals surface area contributed by atoms with Crippen molar-refractivity contribution in [1.82, 2.24) is 0 Å². The number of nitro benzene ring substituents is 1. The molecule has 0 aliphatic carbocycles. The Hall–Kier alpha value is -2.89. The number of hydrogen-bond donors (Lipinski definition) is 1. The molecular weight excluding hydrogens is 332 g/mol. The SMILES string of the molecule is CC(=O)O[C@H]1c2cc(C)ccc2N[C@@H](c2ccc([N+](=O)[O-])cc2)C1(C)C. The molecule has 0 saturated heterocycles. The second kappa shape index (κ2) is 6.44. The van der Waals surface area contributed by atoms with Gasteiger partial charge in [-0.15, -0.1) is 0 Å². The summed E-state index contributed by atoms with van der Waals surface area (Å²) in [6.45, 7) is 7.48. The predicted octanol–water partition coefficient (Wildman–Crippen LogP) is 4.70. The van der Waals surface area contributed by atoms with Crippen LogP contribution in [0.15, 0.2) is 42.5 Å². The molecule has 0 amide bonds. The van der Waals surface area contributed by atoms with Crippen LogP contribution in [0.4, 0.5) is 11.4 Å². The van der Waals surface area contributed by atoms with Gasteiger partial charge in [-0.1, -0.05) is 43.7 Å². The molecule has 136 valence electrons. The van der Waals surface area contributed by atoms with Gasteiger partial charge in [0.2, 0.25) is 0 Å². The maximum Gasteiger partial charge on any atom is 0.303 e. The molecule has 2 aromatic carbocycles. The van der Waals surface area contributed by atoms with E-state index < -0.39 is 16.4 Å². The summed E-state index contributed by atoms with van der Waals surface area (Å²) in [4.78, 5) is 22.2. The molecule has 1 N–H and O–H groups in total. The van der Waals surface area contributed by atoms with Crippen molar-refractivity contribution in [1.29, 1.82) is 0 Å². The lowest BCUT2D eigenvalue weighted by molar-refractivity contribution is -0.384. The number of nitro groups is 1. The number of carbonyl (C=O) groups excluding carboxylic acids is 1. The van der Waals surface area contributed by atoms with Gasteiger partial charge in [0.15, 0.2) is 0 Å². The number of nitrogens with one attached hydrogen (secondary N) is 1. The highest BCUT2D eigenvalue weighted by Crippen LogP contribution is 2.53. The number of hydrogen-bond acceptors (Lipinski definition) is 5. The first-order valence-electron chi connectivity index (χ1n) is 8.49. The highest BCUT2D eigenvalue weighted by molar-refractivity contribution is 5.68. The molecule has 1 aliphatic rings. The van der Waals surface area contributed by atoms with Gasteiger partial charge in [-0.3, -0.25) is 14.9 Å². The highest BCUT2D eigenvalue weighted by atomic mass is 16.6. The molecule has 1 aliphatic heterocycles. The Morgan fingerprint density at radius 1 is 1.19 bits per heavy atom. The van der Waals surface area contributed by atoms with Crippen molar-refractivity contribution in [3.8, 4) is 0 Å². The average Bonchev–Trinajstić information content (AvgIpc) is 2.57. The van der Waals surface area contributed by atoms with Crippen molar-refractivity contribution >= 4 is 17.3 Å². The molecular formula is C20H22N2O4. The number of esters is 1. The normalized spacial score (nSPS) is 20.6. The van der Waals surface area contributed by atoms with E-state index in [0.29, 0.717) is 0 Å². The molecule has 0 unspecified atom stereocenters. The van der Waals surface area contributed by atoms with Gasteiger partial charge >= 0.3 is 5.97 Å². The third kappa shape index (κ3) is 3.14. The van der Waals surface area contributed by atoms with E-state index in [2.05, 4.69) is 5.32 Å².